The highest BCUT2D eigenvalue weighted by molar-refractivity contribution is 6.07. The largest absolute Gasteiger partial charge is 0.382 e. The van der Waals surface area contributed by atoms with Gasteiger partial charge in [-0.05, 0) is 24.1 Å². The summed E-state index contributed by atoms with van der Waals surface area (Å²) in [7, 11) is 1.91. The second-order valence-electron chi connectivity index (χ2n) is 7.62. The van der Waals surface area contributed by atoms with E-state index in [2.05, 4.69) is 36.5 Å². The Morgan fingerprint density at radius 2 is 2.06 bits per heavy atom. The van der Waals surface area contributed by atoms with E-state index in [0.29, 0.717) is 24.6 Å². The number of rotatable bonds is 6. The average Bonchev–Trinajstić information content (AvgIpc) is 2.81. The van der Waals surface area contributed by atoms with Gasteiger partial charge in [-0.1, -0.05) is 18.2 Å². The van der Waals surface area contributed by atoms with Crippen LogP contribution in [0.3, 0.4) is 0 Å². The number of carbonyl (C=O) groups is 1. The van der Waals surface area contributed by atoms with Crippen LogP contribution in [-0.2, 0) is 11.3 Å². The topological polar surface area (TPSA) is 118 Å². The molecule has 0 unspecified atom stereocenters. The lowest BCUT2D eigenvalue weighted by Crippen LogP contribution is -2.36. The molecule has 2 aromatic heterocycles. The first-order valence-corrected chi connectivity index (χ1v) is 10.5. The Kier molecular flexibility index (Phi) is 6.62. The van der Waals surface area contributed by atoms with Crippen molar-refractivity contribution in [1.29, 1.82) is 0 Å². The Bertz CT molecular complexity index is 1120. The molecule has 1 aliphatic rings. The quantitative estimate of drug-likeness (QED) is 0.498. The summed E-state index contributed by atoms with van der Waals surface area (Å²) in [6, 6.07) is 7.98. The minimum absolute atomic E-state index is 0.0764. The van der Waals surface area contributed by atoms with Crippen LogP contribution in [-0.4, -0.2) is 55.1 Å². The van der Waals surface area contributed by atoms with Gasteiger partial charge in [-0.2, -0.15) is 0 Å². The third-order valence-corrected chi connectivity index (χ3v) is 5.36. The van der Waals surface area contributed by atoms with E-state index in [1.54, 1.807) is 18.6 Å². The minimum Gasteiger partial charge on any atom is -0.382 e. The molecule has 3 aromatic rings. The van der Waals surface area contributed by atoms with Gasteiger partial charge in [-0.25, -0.2) is 9.97 Å². The molecule has 0 bridgehead atoms. The Hall–Kier alpha value is -3.50. The average molecular weight is 431 g/mol. The van der Waals surface area contributed by atoms with Gasteiger partial charge in [-0.15, -0.1) is 0 Å². The Morgan fingerprint density at radius 1 is 1.25 bits per heavy atom. The van der Waals surface area contributed by atoms with Crippen LogP contribution in [0.15, 0.2) is 42.9 Å². The first-order chi connectivity index (χ1) is 15.6. The smallest absolute Gasteiger partial charge is 0.278 e. The number of nitrogen functional groups attached to an aromatic ring is 1. The predicted octanol–water partition coefficient (Wildman–Crippen LogP) is 1.16. The van der Waals surface area contributed by atoms with Crippen molar-refractivity contribution in [2.75, 3.05) is 42.3 Å². The number of morpholine rings is 1. The van der Waals surface area contributed by atoms with E-state index in [4.69, 9.17) is 10.5 Å². The summed E-state index contributed by atoms with van der Waals surface area (Å²) in [4.78, 5) is 28.2. The summed E-state index contributed by atoms with van der Waals surface area (Å²) in [6.45, 7) is 5.56. The lowest BCUT2D eigenvalue weighted by atomic mass is 10.0. The van der Waals surface area contributed by atoms with Crippen molar-refractivity contribution in [2.45, 2.75) is 13.5 Å². The van der Waals surface area contributed by atoms with Gasteiger partial charge < -0.3 is 25.9 Å². The highest BCUT2D eigenvalue weighted by atomic mass is 16.5. The summed E-state index contributed by atoms with van der Waals surface area (Å²) in [6.07, 6.45) is 4.92. The maximum atomic E-state index is 13.1. The first-order valence-electron chi connectivity index (χ1n) is 10.5. The lowest BCUT2D eigenvalue weighted by Gasteiger charge is -2.30. The zero-order chi connectivity index (χ0) is 22.5. The Balaban J connectivity index is 1.61. The Morgan fingerprint density at radius 3 is 2.81 bits per heavy atom. The lowest BCUT2D eigenvalue weighted by molar-refractivity contribution is 0.102. The van der Waals surface area contributed by atoms with Gasteiger partial charge in [0.15, 0.2) is 19.5 Å². The van der Waals surface area contributed by atoms with Gasteiger partial charge in [0.2, 0.25) is 0 Å². The number of amides is 1. The molecule has 0 saturated carbocycles. The number of hydrogen-bond acceptors (Lipinski definition) is 8. The van der Waals surface area contributed by atoms with Crippen LogP contribution in [0, 0.1) is 6.92 Å². The molecule has 0 radical (unpaired) electrons. The van der Waals surface area contributed by atoms with Crippen molar-refractivity contribution in [1.82, 2.24) is 20.2 Å². The van der Waals surface area contributed by atoms with Gasteiger partial charge >= 0.3 is 0 Å². The van der Waals surface area contributed by atoms with E-state index >= 15 is 0 Å². The highest BCUT2D eigenvalue weighted by Crippen LogP contribution is 2.27. The molecular weight excluding hydrogens is 405 g/mol. The number of aromatic nitrogens is 3. The molecule has 10 heteroatoms. The molecule has 1 saturated heterocycles. The standard InChI is InChI=1S/C22H26BN7O2/c1-14-10-15(11-27-23)2-3-16(14)17-13-26-21(24)20(28-17)22(31)29-18-12-25-5-4-19(18)30-6-8-32-9-7-30/h2-5,10,12-13,27H,6-9,11,23H2,1H3,(H2,24,26)(H,29,31). The van der Waals surface area contributed by atoms with Crippen molar-refractivity contribution >= 4 is 31.1 Å². The van der Waals surface area contributed by atoms with Crippen LogP contribution in [0.4, 0.5) is 17.2 Å². The minimum atomic E-state index is -0.427. The van der Waals surface area contributed by atoms with Crippen LogP contribution in [0.2, 0.25) is 0 Å². The van der Waals surface area contributed by atoms with Gasteiger partial charge in [0.25, 0.3) is 5.91 Å². The van der Waals surface area contributed by atoms with Crippen molar-refractivity contribution in [3.05, 3.63) is 59.7 Å². The second kappa shape index (κ2) is 9.76. The van der Waals surface area contributed by atoms with Crippen LogP contribution >= 0.6 is 0 Å². The molecule has 164 valence electrons. The monoisotopic (exact) mass is 431 g/mol. The number of hydrogen-bond donors (Lipinski definition) is 3. The van der Waals surface area contributed by atoms with E-state index in [9.17, 15) is 4.79 Å². The number of carbonyl (C=O) groups excluding carboxylic acids is 1. The van der Waals surface area contributed by atoms with E-state index in [0.717, 1.165) is 36.4 Å². The number of anilines is 3. The number of nitrogens with zero attached hydrogens (tertiary/aromatic N) is 4. The van der Waals surface area contributed by atoms with Gasteiger partial charge in [0.1, 0.15) is 0 Å². The number of nitrogens with one attached hydrogen (secondary N) is 2. The molecule has 1 amide bonds. The summed E-state index contributed by atoms with van der Waals surface area (Å²) in [5.41, 5.74) is 11.3. The summed E-state index contributed by atoms with van der Waals surface area (Å²) >= 11 is 0. The van der Waals surface area contributed by atoms with Crippen molar-refractivity contribution < 1.29 is 9.53 Å². The SMILES string of the molecule is BNCc1ccc(-c2cnc(N)c(C(=O)Nc3cnccc3N3CCOCC3)n2)c(C)c1. The molecule has 0 spiro atoms. The molecule has 1 fully saturated rings. The Labute approximate surface area is 187 Å². The van der Waals surface area contributed by atoms with Crippen LogP contribution < -0.4 is 21.2 Å². The zero-order valence-electron chi connectivity index (χ0n) is 18.3. The fourth-order valence-corrected chi connectivity index (χ4v) is 3.77. The summed E-state index contributed by atoms with van der Waals surface area (Å²) in [5.74, 6) is -0.351. The first kappa shape index (κ1) is 21.7. The number of benzene rings is 1. The molecule has 4 N–H and O–H groups in total. The number of ether oxygens (including phenoxy) is 1. The molecule has 1 aromatic carbocycles. The molecule has 0 atom stereocenters. The van der Waals surface area contributed by atoms with Crippen LogP contribution in [0.25, 0.3) is 11.3 Å². The van der Waals surface area contributed by atoms with E-state index in [1.807, 2.05) is 33.1 Å². The zero-order valence-corrected chi connectivity index (χ0v) is 18.3. The van der Waals surface area contributed by atoms with Crippen LogP contribution in [0.5, 0.6) is 0 Å². The third kappa shape index (κ3) is 4.71. The highest BCUT2D eigenvalue weighted by Gasteiger charge is 2.20. The predicted molar refractivity (Wildman–Crippen MR) is 127 cm³/mol. The number of aryl methyl sites for hydroxylation is 1. The van der Waals surface area contributed by atoms with E-state index in [1.165, 1.54) is 5.56 Å². The number of pyridine rings is 1. The van der Waals surface area contributed by atoms with Gasteiger partial charge in [0.05, 0.1) is 42.7 Å². The summed E-state index contributed by atoms with van der Waals surface area (Å²) < 4.78 is 5.43. The third-order valence-electron chi connectivity index (χ3n) is 5.36. The van der Waals surface area contributed by atoms with E-state index in [-0.39, 0.29) is 11.5 Å². The molecular formula is C22H26BN7O2. The maximum Gasteiger partial charge on any atom is 0.278 e. The molecule has 9 nitrogen and oxygen atoms in total. The maximum absolute atomic E-state index is 13.1. The van der Waals surface area contributed by atoms with E-state index < -0.39 is 5.91 Å². The molecule has 32 heavy (non-hydrogen) atoms. The van der Waals surface area contributed by atoms with Crippen molar-refractivity contribution in [3.8, 4) is 11.3 Å². The second-order valence-corrected chi connectivity index (χ2v) is 7.62. The van der Waals surface area contributed by atoms with Crippen molar-refractivity contribution in [2.24, 2.45) is 0 Å². The fraction of sp³-hybridized carbons (Fsp3) is 0.273. The normalized spacial score (nSPS) is 13.7. The molecule has 0 aliphatic carbocycles. The van der Waals surface area contributed by atoms with Gasteiger partial charge in [-0.3, -0.25) is 9.78 Å². The van der Waals surface area contributed by atoms with Crippen LogP contribution in [0.1, 0.15) is 21.6 Å². The van der Waals surface area contributed by atoms with Crippen molar-refractivity contribution in [3.63, 3.8) is 0 Å². The molecule has 3 heterocycles. The van der Waals surface area contributed by atoms with Gasteiger partial charge in [0, 0.05) is 31.4 Å². The number of nitrogens with two attached hydrogens (primary N) is 1. The molecule has 1 aliphatic heterocycles. The fourth-order valence-electron chi connectivity index (χ4n) is 3.77. The summed E-state index contributed by atoms with van der Waals surface area (Å²) in [5, 5.41) is 6.05. The molecule has 4 rings (SSSR count).